The maximum Gasteiger partial charge on any atom is 0.247 e. The van der Waals surface area contributed by atoms with Crippen molar-refractivity contribution in [3.63, 3.8) is 0 Å². The van der Waals surface area contributed by atoms with Crippen molar-refractivity contribution in [2.45, 2.75) is 19.0 Å². The molecule has 0 saturated carbocycles. The predicted octanol–water partition coefficient (Wildman–Crippen LogP) is 3.75. The minimum Gasteiger partial charge on any atom is -0.419 e. The highest BCUT2D eigenvalue weighted by Crippen LogP contribution is 2.36. The van der Waals surface area contributed by atoms with Gasteiger partial charge in [0.05, 0.1) is 6.54 Å². The van der Waals surface area contributed by atoms with Crippen molar-refractivity contribution in [3.8, 4) is 11.5 Å². The van der Waals surface area contributed by atoms with Crippen molar-refractivity contribution < 1.29 is 4.42 Å². The fraction of sp³-hybridized carbons (Fsp3) is 0.250. The molecule has 4 rings (SSSR count). The van der Waals surface area contributed by atoms with E-state index in [1.807, 2.05) is 41.7 Å². The van der Waals surface area contributed by atoms with Gasteiger partial charge in [-0.1, -0.05) is 24.3 Å². The zero-order chi connectivity index (χ0) is 14.1. The Morgan fingerprint density at radius 3 is 2.76 bits per heavy atom. The van der Waals surface area contributed by atoms with E-state index in [1.54, 1.807) is 0 Å². The molecular formula is C16H15N3OS. The molecule has 106 valence electrons. The normalized spacial score (nSPS) is 18.6. The monoisotopic (exact) mass is 297 g/mol. The zero-order valence-corrected chi connectivity index (χ0v) is 12.3. The summed E-state index contributed by atoms with van der Waals surface area (Å²) in [5, 5.41) is 10.5. The van der Waals surface area contributed by atoms with Crippen LogP contribution in [0.15, 0.2) is 52.3 Å². The van der Waals surface area contributed by atoms with Crippen molar-refractivity contribution in [3.05, 3.63) is 58.6 Å². The highest BCUT2D eigenvalue weighted by Gasteiger charge is 2.31. The van der Waals surface area contributed by atoms with Gasteiger partial charge in [-0.3, -0.25) is 4.90 Å². The molecule has 0 spiro atoms. The Labute approximate surface area is 127 Å². The van der Waals surface area contributed by atoms with E-state index < -0.39 is 0 Å². The molecule has 2 aromatic heterocycles. The second-order valence-electron chi connectivity index (χ2n) is 5.16. The van der Waals surface area contributed by atoms with Crippen LogP contribution in [0, 0.1) is 0 Å². The van der Waals surface area contributed by atoms with E-state index in [0.29, 0.717) is 17.8 Å². The lowest BCUT2D eigenvalue weighted by Gasteiger charge is -2.39. The molecule has 0 radical (unpaired) electrons. The fourth-order valence-corrected chi connectivity index (χ4v) is 3.52. The summed E-state index contributed by atoms with van der Waals surface area (Å²) in [4.78, 5) is 3.80. The number of rotatable bonds is 4. The molecule has 3 heterocycles. The largest absolute Gasteiger partial charge is 0.419 e. The van der Waals surface area contributed by atoms with Crippen molar-refractivity contribution in [2.24, 2.45) is 0 Å². The van der Waals surface area contributed by atoms with Crippen molar-refractivity contribution in [1.29, 1.82) is 0 Å². The van der Waals surface area contributed by atoms with E-state index in [2.05, 4.69) is 32.6 Å². The van der Waals surface area contributed by atoms with Gasteiger partial charge in [-0.15, -0.1) is 21.5 Å². The molecule has 1 fully saturated rings. The van der Waals surface area contributed by atoms with Crippen LogP contribution in [0.2, 0.25) is 0 Å². The Hall–Kier alpha value is -1.98. The molecule has 21 heavy (non-hydrogen) atoms. The van der Waals surface area contributed by atoms with E-state index in [1.165, 1.54) is 11.3 Å². The maximum atomic E-state index is 5.78. The van der Waals surface area contributed by atoms with Gasteiger partial charge in [0.15, 0.2) is 0 Å². The summed E-state index contributed by atoms with van der Waals surface area (Å²) in [5.74, 6) is 1.29. The lowest BCUT2D eigenvalue weighted by molar-refractivity contribution is 0.0743. The Balaban J connectivity index is 1.48. The van der Waals surface area contributed by atoms with Crippen LogP contribution in [0.3, 0.4) is 0 Å². The Kier molecular flexibility index (Phi) is 3.29. The predicted molar refractivity (Wildman–Crippen MR) is 81.8 cm³/mol. The second-order valence-corrected chi connectivity index (χ2v) is 6.14. The minimum atomic E-state index is 0.511. The Morgan fingerprint density at radius 1 is 1.14 bits per heavy atom. The number of thiophene rings is 1. The van der Waals surface area contributed by atoms with Crippen LogP contribution < -0.4 is 0 Å². The first kappa shape index (κ1) is 12.7. The highest BCUT2D eigenvalue weighted by atomic mass is 32.1. The van der Waals surface area contributed by atoms with E-state index in [-0.39, 0.29) is 0 Å². The summed E-state index contributed by atoms with van der Waals surface area (Å²) in [6, 6.07) is 14.7. The summed E-state index contributed by atoms with van der Waals surface area (Å²) in [6.07, 6.45) is 1.21. The molecule has 3 aromatic rings. The number of hydrogen-bond donors (Lipinski definition) is 0. The van der Waals surface area contributed by atoms with Gasteiger partial charge in [0, 0.05) is 23.0 Å². The molecule has 0 bridgehead atoms. The van der Waals surface area contributed by atoms with Crippen molar-refractivity contribution in [1.82, 2.24) is 15.1 Å². The topological polar surface area (TPSA) is 42.2 Å². The first-order chi connectivity index (χ1) is 10.4. The molecule has 0 N–H and O–H groups in total. The lowest BCUT2D eigenvalue weighted by Crippen LogP contribution is -2.39. The lowest BCUT2D eigenvalue weighted by atomic mass is 10.0. The molecule has 1 aliphatic heterocycles. The van der Waals surface area contributed by atoms with Crippen LogP contribution in [0.1, 0.15) is 23.2 Å². The van der Waals surface area contributed by atoms with E-state index >= 15 is 0 Å². The van der Waals surface area contributed by atoms with Crippen LogP contribution in [-0.2, 0) is 6.54 Å². The summed E-state index contributed by atoms with van der Waals surface area (Å²) >= 11 is 1.81. The first-order valence-electron chi connectivity index (χ1n) is 7.05. The van der Waals surface area contributed by atoms with Gasteiger partial charge in [0.1, 0.15) is 0 Å². The van der Waals surface area contributed by atoms with Gasteiger partial charge in [0.2, 0.25) is 11.8 Å². The standard InChI is InChI=1S/C16H15N3OS/c1-2-5-12(6-3-1)16-18-17-15(20-16)11-19-9-8-13(19)14-7-4-10-21-14/h1-7,10,13H,8-9,11H2/t13-/m1/s1. The number of nitrogens with zero attached hydrogens (tertiary/aromatic N) is 3. The second kappa shape index (κ2) is 5.42. The SMILES string of the molecule is c1ccc(-c2nnc(CN3CC[C@@H]3c3cccs3)o2)cc1. The van der Waals surface area contributed by atoms with E-state index in [4.69, 9.17) is 4.42 Å². The molecule has 1 aromatic carbocycles. The van der Waals surface area contributed by atoms with E-state index in [9.17, 15) is 0 Å². The molecule has 0 amide bonds. The zero-order valence-electron chi connectivity index (χ0n) is 11.5. The molecule has 0 unspecified atom stereocenters. The molecular weight excluding hydrogens is 282 g/mol. The van der Waals surface area contributed by atoms with Gasteiger partial charge < -0.3 is 4.42 Å². The van der Waals surface area contributed by atoms with Crippen molar-refractivity contribution >= 4 is 11.3 Å². The average molecular weight is 297 g/mol. The quantitative estimate of drug-likeness (QED) is 0.735. The first-order valence-corrected chi connectivity index (χ1v) is 7.93. The molecule has 0 aliphatic carbocycles. The van der Waals surface area contributed by atoms with E-state index in [0.717, 1.165) is 18.7 Å². The summed E-state index contributed by atoms with van der Waals surface area (Å²) in [6.45, 7) is 1.81. The molecule has 1 saturated heterocycles. The third-order valence-corrected chi connectivity index (χ3v) is 4.80. The van der Waals surface area contributed by atoms with Crippen LogP contribution in [-0.4, -0.2) is 21.6 Å². The third-order valence-electron chi connectivity index (χ3n) is 3.83. The van der Waals surface area contributed by atoms with Gasteiger partial charge in [-0.05, 0) is 30.0 Å². The van der Waals surface area contributed by atoms with Crippen LogP contribution in [0.5, 0.6) is 0 Å². The summed E-state index contributed by atoms with van der Waals surface area (Å²) in [5.41, 5.74) is 0.967. The number of aromatic nitrogens is 2. The molecule has 5 heteroatoms. The Bertz CT molecular complexity index is 708. The van der Waals surface area contributed by atoms with Gasteiger partial charge in [-0.25, -0.2) is 0 Å². The number of hydrogen-bond acceptors (Lipinski definition) is 5. The van der Waals surface area contributed by atoms with Crippen LogP contribution in [0.4, 0.5) is 0 Å². The number of likely N-dealkylation sites (tertiary alicyclic amines) is 1. The maximum absolute atomic E-state index is 5.78. The molecule has 4 nitrogen and oxygen atoms in total. The van der Waals surface area contributed by atoms with Gasteiger partial charge >= 0.3 is 0 Å². The van der Waals surface area contributed by atoms with Crippen LogP contribution >= 0.6 is 11.3 Å². The minimum absolute atomic E-state index is 0.511. The molecule has 1 atom stereocenters. The van der Waals surface area contributed by atoms with Gasteiger partial charge in [-0.2, -0.15) is 0 Å². The highest BCUT2D eigenvalue weighted by molar-refractivity contribution is 7.10. The Morgan fingerprint density at radius 2 is 2.05 bits per heavy atom. The third kappa shape index (κ3) is 2.50. The number of benzene rings is 1. The van der Waals surface area contributed by atoms with Gasteiger partial charge in [0.25, 0.3) is 0 Å². The van der Waals surface area contributed by atoms with Crippen molar-refractivity contribution in [2.75, 3.05) is 6.54 Å². The smallest absolute Gasteiger partial charge is 0.247 e. The molecule has 1 aliphatic rings. The summed E-state index contributed by atoms with van der Waals surface area (Å²) < 4.78 is 5.78. The average Bonchev–Trinajstić information content (AvgIpc) is 3.16. The fourth-order valence-electron chi connectivity index (χ4n) is 2.62. The van der Waals surface area contributed by atoms with Crippen LogP contribution in [0.25, 0.3) is 11.5 Å². The summed E-state index contributed by atoms with van der Waals surface area (Å²) in [7, 11) is 0.